The summed E-state index contributed by atoms with van der Waals surface area (Å²) in [5.74, 6) is 1.95. The highest BCUT2D eigenvalue weighted by Gasteiger charge is 2.46. The molecule has 5 heteroatoms. The van der Waals surface area contributed by atoms with Crippen LogP contribution in [-0.2, 0) is 9.59 Å². The zero-order valence-corrected chi connectivity index (χ0v) is 15.9. The number of piperidine rings is 2. The molecule has 1 saturated carbocycles. The molecule has 0 N–H and O–H groups in total. The molecule has 0 radical (unpaired) electrons. The lowest BCUT2D eigenvalue weighted by molar-refractivity contribution is -0.137. The molecule has 3 heterocycles. The quantitative estimate of drug-likeness (QED) is 0.825. The number of amides is 2. The maximum absolute atomic E-state index is 12.8. The molecule has 2 saturated heterocycles. The lowest BCUT2D eigenvalue weighted by Crippen LogP contribution is -2.44. The van der Waals surface area contributed by atoms with E-state index in [0.717, 1.165) is 64.7 Å². The molecule has 4 nitrogen and oxygen atoms in total. The molecule has 4 rings (SSSR count). The minimum Gasteiger partial charge on any atom is -0.342 e. The van der Waals surface area contributed by atoms with E-state index in [1.54, 1.807) is 0 Å². The van der Waals surface area contributed by atoms with E-state index in [1.165, 1.54) is 9.75 Å². The van der Waals surface area contributed by atoms with Crippen LogP contribution in [0.5, 0.6) is 0 Å². The summed E-state index contributed by atoms with van der Waals surface area (Å²) in [5.41, 5.74) is 0. The Morgan fingerprint density at radius 2 is 2.00 bits per heavy atom. The Bertz CT molecular complexity index is 648. The van der Waals surface area contributed by atoms with Gasteiger partial charge in [-0.05, 0) is 57.1 Å². The zero-order chi connectivity index (χ0) is 17.4. The van der Waals surface area contributed by atoms with Crippen molar-refractivity contribution in [3.63, 3.8) is 0 Å². The first-order valence-corrected chi connectivity index (χ1v) is 10.6. The predicted octanol–water partition coefficient (Wildman–Crippen LogP) is 3.41. The molecule has 3 aliphatic rings. The summed E-state index contributed by atoms with van der Waals surface area (Å²) in [6.07, 6.45) is 6.04. The van der Waals surface area contributed by atoms with Gasteiger partial charge in [0.1, 0.15) is 0 Å². The van der Waals surface area contributed by atoms with Gasteiger partial charge in [-0.1, -0.05) is 0 Å². The van der Waals surface area contributed by atoms with Crippen molar-refractivity contribution in [2.45, 2.75) is 51.4 Å². The fraction of sp³-hybridized carbons (Fsp3) is 0.700. The van der Waals surface area contributed by atoms with Gasteiger partial charge in [0.2, 0.25) is 11.8 Å². The van der Waals surface area contributed by atoms with Crippen molar-refractivity contribution in [1.82, 2.24) is 9.80 Å². The number of hydrogen-bond acceptors (Lipinski definition) is 3. The highest BCUT2D eigenvalue weighted by Crippen LogP contribution is 2.50. The number of hydrogen-bond donors (Lipinski definition) is 0. The molecule has 2 unspecified atom stereocenters. The molecular weight excluding hydrogens is 332 g/mol. The average Bonchev–Trinajstić information content (AvgIpc) is 3.31. The SMILES string of the molecule is Cc1ccc(C2CC2C(=O)N2CCC(CN3CCCCC3=O)CC2)s1. The first-order valence-electron chi connectivity index (χ1n) is 9.74. The van der Waals surface area contributed by atoms with Crippen molar-refractivity contribution in [1.29, 1.82) is 0 Å². The highest BCUT2D eigenvalue weighted by molar-refractivity contribution is 7.12. The Labute approximate surface area is 154 Å². The summed E-state index contributed by atoms with van der Waals surface area (Å²) >= 11 is 1.84. The molecule has 2 aliphatic heterocycles. The van der Waals surface area contributed by atoms with E-state index in [9.17, 15) is 9.59 Å². The van der Waals surface area contributed by atoms with Crippen LogP contribution in [0, 0.1) is 18.8 Å². The Hall–Kier alpha value is -1.36. The van der Waals surface area contributed by atoms with Gasteiger partial charge in [-0.25, -0.2) is 0 Å². The van der Waals surface area contributed by atoms with Crippen LogP contribution in [0.4, 0.5) is 0 Å². The zero-order valence-electron chi connectivity index (χ0n) is 15.1. The third-order valence-electron chi connectivity index (χ3n) is 6.06. The van der Waals surface area contributed by atoms with Gasteiger partial charge in [0.25, 0.3) is 0 Å². The van der Waals surface area contributed by atoms with Crippen molar-refractivity contribution >= 4 is 23.2 Å². The van der Waals surface area contributed by atoms with Gasteiger partial charge in [0.05, 0.1) is 0 Å². The fourth-order valence-corrected chi connectivity index (χ4v) is 5.43. The van der Waals surface area contributed by atoms with Crippen molar-refractivity contribution < 1.29 is 9.59 Å². The number of carbonyl (C=O) groups excluding carboxylic acids is 2. The minimum atomic E-state index is 0.221. The summed E-state index contributed by atoms with van der Waals surface area (Å²) < 4.78 is 0. The van der Waals surface area contributed by atoms with Crippen LogP contribution < -0.4 is 0 Å². The van der Waals surface area contributed by atoms with Crippen LogP contribution in [0.2, 0.25) is 0 Å². The van der Waals surface area contributed by atoms with E-state index in [2.05, 4.69) is 28.9 Å². The second-order valence-corrected chi connectivity index (χ2v) is 9.28. The van der Waals surface area contributed by atoms with E-state index >= 15 is 0 Å². The van der Waals surface area contributed by atoms with Crippen LogP contribution in [0.1, 0.15) is 54.2 Å². The first-order chi connectivity index (χ1) is 12.1. The summed E-state index contributed by atoms with van der Waals surface area (Å²) in [7, 11) is 0. The topological polar surface area (TPSA) is 40.6 Å². The molecule has 0 spiro atoms. The molecule has 1 aromatic rings. The Morgan fingerprint density at radius 1 is 1.20 bits per heavy atom. The summed E-state index contributed by atoms with van der Waals surface area (Å²) in [5, 5.41) is 0. The Kier molecular flexibility index (Phi) is 4.85. The van der Waals surface area contributed by atoms with E-state index in [4.69, 9.17) is 0 Å². The molecule has 2 atom stereocenters. The van der Waals surface area contributed by atoms with Gasteiger partial charge >= 0.3 is 0 Å². The van der Waals surface area contributed by atoms with Crippen LogP contribution in [0.3, 0.4) is 0 Å². The van der Waals surface area contributed by atoms with Gasteiger partial charge in [-0.2, -0.15) is 0 Å². The number of rotatable bonds is 4. The Balaban J connectivity index is 1.25. The molecule has 0 aromatic carbocycles. The molecule has 136 valence electrons. The molecule has 1 aliphatic carbocycles. The van der Waals surface area contributed by atoms with Crippen molar-refractivity contribution in [2.24, 2.45) is 11.8 Å². The standard InChI is InChI=1S/C20H28N2O2S/c1-14-5-6-18(25-14)16-12-17(16)20(24)21-10-7-15(8-11-21)13-22-9-3-2-4-19(22)23/h5-6,15-17H,2-4,7-13H2,1H3. The molecule has 2 amide bonds. The Morgan fingerprint density at radius 3 is 2.68 bits per heavy atom. The summed E-state index contributed by atoms with van der Waals surface area (Å²) in [6, 6.07) is 4.35. The smallest absolute Gasteiger partial charge is 0.226 e. The van der Waals surface area contributed by atoms with Gasteiger partial charge in [-0.3, -0.25) is 9.59 Å². The summed E-state index contributed by atoms with van der Waals surface area (Å²) in [4.78, 5) is 31.6. The third kappa shape index (κ3) is 3.76. The normalized spacial score (nSPS) is 27.6. The van der Waals surface area contributed by atoms with Crippen LogP contribution >= 0.6 is 11.3 Å². The lowest BCUT2D eigenvalue weighted by atomic mass is 9.95. The van der Waals surface area contributed by atoms with Crippen molar-refractivity contribution in [3.8, 4) is 0 Å². The monoisotopic (exact) mass is 360 g/mol. The number of nitrogens with zero attached hydrogens (tertiary/aromatic N) is 2. The number of thiophene rings is 1. The van der Waals surface area contributed by atoms with Crippen molar-refractivity contribution in [3.05, 3.63) is 21.9 Å². The fourth-order valence-electron chi connectivity index (χ4n) is 4.37. The first kappa shape index (κ1) is 17.1. The van der Waals surface area contributed by atoms with E-state index in [1.807, 2.05) is 11.3 Å². The van der Waals surface area contributed by atoms with Gasteiger partial charge in [0.15, 0.2) is 0 Å². The number of carbonyl (C=O) groups is 2. The molecular formula is C20H28N2O2S. The average molecular weight is 361 g/mol. The highest BCUT2D eigenvalue weighted by atomic mass is 32.1. The third-order valence-corrected chi connectivity index (χ3v) is 7.19. The van der Waals surface area contributed by atoms with E-state index in [-0.39, 0.29) is 5.92 Å². The molecule has 0 bridgehead atoms. The number of aryl methyl sites for hydroxylation is 1. The van der Waals surface area contributed by atoms with E-state index < -0.39 is 0 Å². The largest absolute Gasteiger partial charge is 0.342 e. The van der Waals surface area contributed by atoms with Crippen LogP contribution in [-0.4, -0.2) is 47.8 Å². The minimum absolute atomic E-state index is 0.221. The molecule has 3 fully saturated rings. The van der Waals surface area contributed by atoms with Crippen LogP contribution in [0.15, 0.2) is 12.1 Å². The van der Waals surface area contributed by atoms with Gasteiger partial charge in [-0.15, -0.1) is 11.3 Å². The second-order valence-electron chi connectivity index (χ2n) is 7.96. The van der Waals surface area contributed by atoms with Gasteiger partial charge in [0, 0.05) is 54.2 Å². The van der Waals surface area contributed by atoms with Gasteiger partial charge < -0.3 is 9.80 Å². The predicted molar refractivity (Wildman–Crippen MR) is 99.6 cm³/mol. The van der Waals surface area contributed by atoms with E-state index in [0.29, 0.717) is 23.7 Å². The maximum atomic E-state index is 12.8. The molecule has 25 heavy (non-hydrogen) atoms. The maximum Gasteiger partial charge on any atom is 0.226 e. The van der Waals surface area contributed by atoms with Crippen molar-refractivity contribution in [2.75, 3.05) is 26.2 Å². The van der Waals surface area contributed by atoms with Crippen LogP contribution in [0.25, 0.3) is 0 Å². The number of likely N-dealkylation sites (tertiary alicyclic amines) is 2. The lowest BCUT2D eigenvalue weighted by Gasteiger charge is -2.36. The molecule has 1 aromatic heterocycles. The summed E-state index contributed by atoms with van der Waals surface area (Å²) in [6.45, 7) is 5.71. The second kappa shape index (κ2) is 7.10.